The Morgan fingerprint density at radius 2 is 2.12 bits per heavy atom. The number of sulfone groups is 1. The molecule has 1 aliphatic rings. The summed E-state index contributed by atoms with van der Waals surface area (Å²) < 4.78 is 28.9. The van der Waals surface area contributed by atoms with Crippen LogP contribution >= 0.6 is 0 Å². The van der Waals surface area contributed by atoms with Gasteiger partial charge in [0, 0.05) is 26.7 Å². The Morgan fingerprint density at radius 1 is 1.40 bits per heavy atom. The van der Waals surface area contributed by atoms with Gasteiger partial charge in [-0.3, -0.25) is 4.99 Å². The zero-order chi connectivity index (χ0) is 18.7. The zero-order valence-electron chi connectivity index (χ0n) is 15.8. The number of aliphatic imine (C=N–C) groups is 1. The minimum absolute atomic E-state index is 0.163. The Labute approximate surface area is 151 Å². The summed E-state index contributed by atoms with van der Waals surface area (Å²) in [5.74, 6) is 1.81. The number of nitrogens with one attached hydrogen (secondary N) is 1. The molecule has 1 fully saturated rings. The quantitative estimate of drug-likeness (QED) is 0.647. The largest absolute Gasteiger partial charge is 0.496 e. The molecule has 1 aliphatic heterocycles. The molecule has 1 aromatic rings. The summed E-state index contributed by atoms with van der Waals surface area (Å²) in [6, 6.07) is 6.20. The second-order valence-electron chi connectivity index (χ2n) is 7.03. The van der Waals surface area contributed by atoms with E-state index in [9.17, 15) is 8.42 Å². The summed E-state index contributed by atoms with van der Waals surface area (Å²) in [7, 11) is 0.359. The maximum absolute atomic E-state index is 12.1. The van der Waals surface area contributed by atoms with Gasteiger partial charge >= 0.3 is 0 Å². The molecule has 2 rings (SSSR count). The van der Waals surface area contributed by atoms with Crippen LogP contribution in [-0.2, 0) is 16.3 Å². The van der Waals surface area contributed by atoms with Crippen LogP contribution in [0.1, 0.15) is 25.0 Å². The van der Waals surface area contributed by atoms with E-state index in [0.717, 1.165) is 30.2 Å². The van der Waals surface area contributed by atoms with Crippen molar-refractivity contribution in [3.8, 4) is 5.75 Å². The van der Waals surface area contributed by atoms with E-state index in [1.807, 2.05) is 11.8 Å². The molecule has 0 amide bonds. The number of hydrogen-bond acceptors (Lipinski definition) is 4. The first-order valence-corrected chi connectivity index (χ1v) is 10.2. The SMILES string of the molecule is CN=C(NCCc1ccc(C)c(OC)c1)N1CCS(=O)(=O)C(C)(C)C1. The van der Waals surface area contributed by atoms with Crippen molar-refractivity contribution < 1.29 is 13.2 Å². The van der Waals surface area contributed by atoms with E-state index in [1.54, 1.807) is 28.0 Å². The van der Waals surface area contributed by atoms with Crippen LogP contribution in [0.5, 0.6) is 5.75 Å². The molecule has 0 saturated carbocycles. The third-order valence-electron chi connectivity index (χ3n) is 4.72. The predicted octanol–water partition coefficient (Wildman–Crippen LogP) is 1.63. The minimum Gasteiger partial charge on any atom is -0.496 e. The van der Waals surface area contributed by atoms with Gasteiger partial charge in [-0.15, -0.1) is 0 Å². The van der Waals surface area contributed by atoms with Crippen LogP contribution in [0.4, 0.5) is 0 Å². The zero-order valence-corrected chi connectivity index (χ0v) is 16.6. The fourth-order valence-corrected chi connectivity index (χ4v) is 4.36. The van der Waals surface area contributed by atoms with Gasteiger partial charge in [0.25, 0.3) is 0 Å². The van der Waals surface area contributed by atoms with Crippen molar-refractivity contribution >= 4 is 15.8 Å². The number of rotatable bonds is 4. The molecular weight excluding hydrogens is 338 g/mol. The molecule has 1 aromatic carbocycles. The van der Waals surface area contributed by atoms with Gasteiger partial charge in [0.2, 0.25) is 0 Å². The highest BCUT2D eigenvalue weighted by molar-refractivity contribution is 7.92. The molecule has 25 heavy (non-hydrogen) atoms. The van der Waals surface area contributed by atoms with Crippen molar-refractivity contribution in [3.05, 3.63) is 29.3 Å². The standard InChI is InChI=1S/C18H29N3O3S/c1-14-6-7-15(12-16(14)24-5)8-9-20-17(19-4)21-10-11-25(22,23)18(2,3)13-21/h6-7,12H,8-11,13H2,1-5H3,(H,19,20). The second kappa shape index (κ2) is 7.64. The predicted molar refractivity (Wildman–Crippen MR) is 102 cm³/mol. The van der Waals surface area contributed by atoms with E-state index in [4.69, 9.17) is 4.74 Å². The number of aryl methyl sites for hydroxylation is 1. The monoisotopic (exact) mass is 367 g/mol. The van der Waals surface area contributed by atoms with E-state index in [0.29, 0.717) is 13.1 Å². The average Bonchev–Trinajstić information content (AvgIpc) is 2.56. The smallest absolute Gasteiger partial charge is 0.193 e. The molecule has 0 unspecified atom stereocenters. The number of guanidine groups is 1. The van der Waals surface area contributed by atoms with Crippen molar-refractivity contribution in [2.75, 3.05) is 39.5 Å². The van der Waals surface area contributed by atoms with Crippen molar-refractivity contribution in [2.45, 2.75) is 31.9 Å². The maximum Gasteiger partial charge on any atom is 0.193 e. The second-order valence-corrected chi connectivity index (χ2v) is 9.77. The van der Waals surface area contributed by atoms with Crippen molar-refractivity contribution in [1.82, 2.24) is 10.2 Å². The Kier molecular flexibility index (Phi) is 5.98. The van der Waals surface area contributed by atoms with E-state index in [2.05, 4.69) is 28.5 Å². The molecular formula is C18H29N3O3S. The molecule has 1 N–H and O–H groups in total. The number of ether oxygens (including phenoxy) is 1. The summed E-state index contributed by atoms with van der Waals surface area (Å²) in [6.45, 7) is 7.23. The summed E-state index contributed by atoms with van der Waals surface area (Å²) in [5.41, 5.74) is 2.30. The highest BCUT2D eigenvalue weighted by Crippen LogP contribution is 2.23. The first-order chi connectivity index (χ1) is 11.7. The molecule has 0 aromatic heterocycles. The molecule has 0 radical (unpaired) electrons. The molecule has 6 nitrogen and oxygen atoms in total. The highest BCUT2D eigenvalue weighted by Gasteiger charge is 2.40. The lowest BCUT2D eigenvalue weighted by molar-refractivity contribution is 0.353. The average molecular weight is 368 g/mol. The van der Waals surface area contributed by atoms with Crippen LogP contribution in [0.2, 0.25) is 0 Å². The normalized spacial score (nSPS) is 19.6. The van der Waals surface area contributed by atoms with Crippen molar-refractivity contribution in [1.29, 1.82) is 0 Å². The molecule has 1 heterocycles. The summed E-state index contributed by atoms with van der Waals surface area (Å²) in [5, 5.41) is 3.35. The first-order valence-electron chi connectivity index (χ1n) is 8.51. The topological polar surface area (TPSA) is 71.0 Å². The number of methoxy groups -OCH3 is 1. The molecule has 7 heteroatoms. The number of hydrogen-bond donors (Lipinski definition) is 1. The maximum atomic E-state index is 12.1. The lowest BCUT2D eigenvalue weighted by Gasteiger charge is -2.39. The fourth-order valence-electron chi connectivity index (χ4n) is 3.00. The molecule has 0 atom stereocenters. The highest BCUT2D eigenvalue weighted by atomic mass is 32.2. The van der Waals surface area contributed by atoms with Gasteiger partial charge < -0.3 is 15.0 Å². The van der Waals surface area contributed by atoms with Crippen LogP contribution in [0, 0.1) is 6.92 Å². The first kappa shape index (κ1) is 19.6. The van der Waals surface area contributed by atoms with Gasteiger partial charge in [-0.2, -0.15) is 0 Å². The third-order valence-corrected chi connectivity index (χ3v) is 7.26. The lowest BCUT2D eigenvalue weighted by atomic mass is 10.1. The third kappa shape index (κ3) is 4.45. The Morgan fingerprint density at radius 3 is 2.72 bits per heavy atom. The van der Waals surface area contributed by atoms with Crippen LogP contribution in [-0.4, -0.2) is 63.6 Å². The van der Waals surface area contributed by atoms with E-state index in [1.165, 1.54) is 5.56 Å². The molecule has 0 spiro atoms. The molecule has 0 aliphatic carbocycles. The fraction of sp³-hybridized carbons (Fsp3) is 0.611. The van der Waals surface area contributed by atoms with Crippen molar-refractivity contribution in [3.63, 3.8) is 0 Å². The van der Waals surface area contributed by atoms with E-state index in [-0.39, 0.29) is 5.75 Å². The van der Waals surface area contributed by atoms with Gasteiger partial charge in [0.1, 0.15) is 5.75 Å². The van der Waals surface area contributed by atoms with E-state index >= 15 is 0 Å². The van der Waals surface area contributed by atoms with E-state index < -0.39 is 14.6 Å². The Balaban J connectivity index is 1.95. The molecule has 140 valence electrons. The van der Waals surface area contributed by atoms with Gasteiger partial charge in [-0.1, -0.05) is 12.1 Å². The molecule has 1 saturated heterocycles. The van der Waals surface area contributed by atoms with Gasteiger partial charge in [-0.25, -0.2) is 8.42 Å². The summed E-state index contributed by atoms with van der Waals surface area (Å²) >= 11 is 0. The number of nitrogens with zero attached hydrogens (tertiary/aromatic N) is 2. The van der Waals surface area contributed by atoms with Crippen LogP contribution < -0.4 is 10.1 Å². The van der Waals surface area contributed by atoms with Crippen LogP contribution in [0.15, 0.2) is 23.2 Å². The molecule has 0 bridgehead atoms. The van der Waals surface area contributed by atoms with Crippen LogP contribution in [0.25, 0.3) is 0 Å². The Hall–Kier alpha value is -1.76. The Bertz CT molecular complexity index is 742. The van der Waals surface area contributed by atoms with Crippen LogP contribution in [0.3, 0.4) is 0 Å². The summed E-state index contributed by atoms with van der Waals surface area (Å²) in [4.78, 5) is 6.34. The summed E-state index contributed by atoms with van der Waals surface area (Å²) in [6.07, 6.45) is 0.838. The lowest BCUT2D eigenvalue weighted by Crippen LogP contribution is -2.57. The van der Waals surface area contributed by atoms with Gasteiger partial charge in [0.05, 0.1) is 17.6 Å². The van der Waals surface area contributed by atoms with Gasteiger partial charge in [0.15, 0.2) is 15.8 Å². The minimum atomic E-state index is -3.05. The van der Waals surface area contributed by atoms with Gasteiger partial charge in [-0.05, 0) is 44.4 Å². The number of benzene rings is 1. The van der Waals surface area contributed by atoms with Crippen molar-refractivity contribution in [2.24, 2.45) is 4.99 Å².